The Bertz CT molecular complexity index is 459. The standard InChI is InChI=1S/C13H17BrN2O3/c1-19-11-4-6-15(7-5-11)12-3-2-10(9-14)8-13(12)16(17)18/h2-3,8,11H,4-7,9H2,1H3. The fourth-order valence-corrected chi connectivity index (χ4v) is 2.75. The zero-order valence-electron chi connectivity index (χ0n) is 10.8. The number of hydrogen-bond acceptors (Lipinski definition) is 4. The molecular weight excluding hydrogens is 312 g/mol. The molecule has 0 spiro atoms. The van der Waals surface area contributed by atoms with Crippen LogP contribution in [0.1, 0.15) is 18.4 Å². The van der Waals surface area contributed by atoms with Crippen LogP contribution in [-0.4, -0.2) is 31.2 Å². The first kappa shape index (κ1) is 14.3. The summed E-state index contributed by atoms with van der Waals surface area (Å²) in [6.45, 7) is 1.60. The second kappa shape index (κ2) is 6.34. The van der Waals surface area contributed by atoms with E-state index in [1.54, 1.807) is 13.2 Å². The highest BCUT2D eigenvalue weighted by Gasteiger charge is 2.24. The van der Waals surface area contributed by atoms with E-state index in [1.165, 1.54) is 0 Å². The van der Waals surface area contributed by atoms with Gasteiger partial charge in [0, 0.05) is 31.6 Å². The summed E-state index contributed by atoms with van der Waals surface area (Å²) >= 11 is 3.33. The molecule has 1 aliphatic rings. The summed E-state index contributed by atoms with van der Waals surface area (Å²) in [7, 11) is 1.72. The molecule has 0 radical (unpaired) electrons. The van der Waals surface area contributed by atoms with Crippen LogP contribution in [0.3, 0.4) is 0 Å². The van der Waals surface area contributed by atoms with Crippen molar-refractivity contribution in [3.63, 3.8) is 0 Å². The lowest BCUT2D eigenvalue weighted by Gasteiger charge is -2.32. The second-order valence-electron chi connectivity index (χ2n) is 4.64. The SMILES string of the molecule is COC1CCN(c2ccc(CBr)cc2[N+](=O)[O-])CC1. The van der Waals surface area contributed by atoms with Gasteiger partial charge in [-0.15, -0.1) is 0 Å². The molecule has 1 aromatic rings. The van der Waals surface area contributed by atoms with E-state index in [4.69, 9.17) is 4.74 Å². The highest BCUT2D eigenvalue weighted by Crippen LogP contribution is 2.32. The van der Waals surface area contributed by atoms with E-state index in [0.29, 0.717) is 11.0 Å². The molecule has 2 rings (SSSR count). The van der Waals surface area contributed by atoms with Crippen molar-refractivity contribution in [1.82, 2.24) is 0 Å². The molecule has 0 aromatic heterocycles. The van der Waals surface area contributed by atoms with Gasteiger partial charge in [-0.05, 0) is 24.5 Å². The van der Waals surface area contributed by atoms with Gasteiger partial charge in [-0.25, -0.2) is 0 Å². The fourth-order valence-electron chi connectivity index (χ4n) is 2.40. The maximum absolute atomic E-state index is 11.2. The van der Waals surface area contributed by atoms with Gasteiger partial charge in [0.05, 0.1) is 11.0 Å². The highest BCUT2D eigenvalue weighted by molar-refractivity contribution is 9.08. The number of anilines is 1. The van der Waals surface area contributed by atoms with Gasteiger partial charge < -0.3 is 9.64 Å². The minimum Gasteiger partial charge on any atom is -0.381 e. The highest BCUT2D eigenvalue weighted by atomic mass is 79.9. The molecule has 0 aliphatic carbocycles. The van der Waals surface area contributed by atoms with E-state index in [0.717, 1.165) is 31.5 Å². The minimum absolute atomic E-state index is 0.188. The molecular formula is C13H17BrN2O3. The van der Waals surface area contributed by atoms with Crippen LogP contribution in [0.4, 0.5) is 11.4 Å². The number of ether oxygens (including phenoxy) is 1. The van der Waals surface area contributed by atoms with E-state index in [-0.39, 0.29) is 16.7 Å². The van der Waals surface area contributed by atoms with Gasteiger partial charge in [-0.1, -0.05) is 22.0 Å². The molecule has 5 nitrogen and oxygen atoms in total. The van der Waals surface area contributed by atoms with Crippen LogP contribution in [0.2, 0.25) is 0 Å². The first-order valence-corrected chi connectivity index (χ1v) is 7.39. The van der Waals surface area contributed by atoms with Gasteiger partial charge in [0.1, 0.15) is 5.69 Å². The van der Waals surface area contributed by atoms with Crippen molar-refractivity contribution < 1.29 is 9.66 Å². The van der Waals surface area contributed by atoms with Crippen LogP contribution < -0.4 is 4.90 Å². The number of nitrogens with zero attached hydrogens (tertiary/aromatic N) is 2. The minimum atomic E-state index is -0.302. The lowest BCUT2D eigenvalue weighted by atomic mass is 10.1. The Kier molecular flexibility index (Phi) is 4.76. The van der Waals surface area contributed by atoms with E-state index in [2.05, 4.69) is 20.8 Å². The second-order valence-corrected chi connectivity index (χ2v) is 5.20. The molecule has 0 bridgehead atoms. The summed E-state index contributed by atoms with van der Waals surface area (Å²) in [5.41, 5.74) is 1.82. The van der Waals surface area contributed by atoms with Crippen LogP contribution in [-0.2, 0) is 10.1 Å². The van der Waals surface area contributed by atoms with Gasteiger partial charge in [-0.2, -0.15) is 0 Å². The summed E-state index contributed by atoms with van der Waals surface area (Å²) in [5, 5.41) is 11.8. The van der Waals surface area contributed by atoms with Crippen molar-refractivity contribution in [2.45, 2.75) is 24.3 Å². The average Bonchev–Trinajstić information content (AvgIpc) is 2.46. The predicted octanol–water partition coefficient (Wildman–Crippen LogP) is 3.10. The Hall–Kier alpha value is -1.14. The van der Waals surface area contributed by atoms with Crippen molar-refractivity contribution in [3.05, 3.63) is 33.9 Å². The molecule has 19 heavy (non-hydrogen) atoms. The lowest BCUT2D eigenvalue weighted by molar-refractivity contribution is -0.384. The van der Waals surface area contributed by atoms with E-state index in [9.17, 15) is 10.1 Å². The Morgan fingerprint density at radius 3 is 2.68 bits per heavy atom. The first-order valence-electron chi connectivity index (χ1n) is 6.26. The van der Waals surface area contributed by atoms with E-state index in [1.807, 2.05) is 12.1 Å². The van der Waals surface area contributed by atoms with Gasteiger partial charge in [0.2, 0.25) is 0 Å². The largest absolute Gasteiger partial charge is 0.381 e. The fraction of sp³-hybridized carbons (Fsp3) is 0.538. The van der Waals surface area contributed by atoms with E-state index >= 15 is 0 Å². The maximum atomic E-state index is 11.2. The number of methoxy groups -OCH3 is 1. The molecule has 0 unspecified atom stereocenters. The number of nitro groups is 1. The Balaban J connectivity index is 2.22. The Labute approximate surface area is 120 Å². The number of nitro benzene ring substituents is 1. The summed E-state index contributed by atoms with van der Waals surface area (Å²) in [6.07, 6.45) is 2.10. The van der Waals surface area contributed by atoms with E-state index < -0.39 is 0 Å². The van der Waals surface area contributed by atoms with Crippen LogP contribution in [0.5, 0.6) is 0 Å². The molecule has 1 fully saturated rings. The van der Waals surface area contributed by atoms with Gasteiger partial charge in [-0.3, -0.25) is 10.1 Å². The zero-order chi connectivity index (χ0) is 13.8. The number of benzene rings is 1. The predicted molar refractivity (Wildman–Crippen MR) is 78.0 cm³/mol. The molecule has 1 aromatic carbocycles. The average molecular weight is 329 g/mol. The monoisotopic (exact) mass is 328 g/mol. The topological polar surface area (TPSA) is 55.6 Å². The molecule has 0 amide bonds. The van der Waals surface area contributed by atoms with Crippen LogP contribution in [0.25, 0.3) is 0 Å². The summed E-state index contributed by atoms with van der Waals surface area (Å²) in [6, 6.07) is 5.42. The van der Waals surface area contributed by atoms with Gasteiger partial charge in [0.25, 0.3) is 5.69 Å². The number of alkyl halides is 1. The van der Waals surface area contributed by atoms with Gasteiger partial charge in [0.15, 0.2) is 0 Å². The van der Waals surface area contributed by atoms with Crippen molar-refractivity contribution >= 4 is 27.3 Å². The summed E-state index contributed by atoms with van der Waals surface area (Å²) < 4.78 is 5.32. The third-order valence-electron chi connectivity index (χ3n) is 3.51. The lowest BCUT2D eigenvalue weighted by Crippen LogP contribution is -2.36. The molecule has 0 N–H and O–H groups in total. The van der Waals surface area contributed by atoms with Crippen LogP contribution in [0, 0.1) is 10.1 Å². The normalized spacial score (nSPS) is 16.6. The van der Waals surface area contributed by atoms with Crippen molar-refractivity contribution in [2.75, 3.05) is 25.1 Å². The third-order valence-corrected chi connectivity index (χ3v) is 4.15. The number of rotatable bonds is 4. The third kappa shape index (κ3) is 3.25. The number of halogens is 1. The Morgan fingerprint density at radius 2 is 2.16 bits per heavy atom. The molecule has 6 heteroatoms. The smallest absolute Gasteiger partial charge is 0.292 e. The van der Waals surface area contributed by atoms with Gasteiger partial charge >= 0.3 is 0 Å². The van der Waals surface area contributed by atoms with Crippen LogP contribution in [0.15, 0.2) is 18.2 Å². The maximum Gasteiger partial charge on any atom is 0.292 e. The van der Waals surface area contributed by atoms with Crippen LogP contribution >= 0.6 is 15.9 Å². The first-order chi connectivity index (χ1) is 9.15. The van der Waals surface area contributed by atoms with Crippen molar-refractivity contribution in [3.8, 4) is 0 Å². The quantitative estimate of drug-likeness (QED) is 0.484. The molecule has 104 valence electrons. The molecule has 1 heterocycles. The molecule has 1 saturated heterocycles. The summed E-state index contributed by atoms with van der Waals surface area (Å²) in [5.74, 6) is 0. The number of hydrogen-bond donors (Lipinski definition) is 0. The molecule has 0 saturated carbocycles. The Morgan fingerprint density at radius 1 is 1.47 bits per heavy atom. The zero-order valence-corrected chi connectivity index (χ0v) is 12.4. The number of piperidine rings is 1. The molecule has 1 aliphatic heterocycles. The van der Waals surface area contributed by atoms with Crippen molar-refractivity contribution in [2.24, 2.45) is 0 Å². The molecule has 0 atom stereocenters. The van der Waals surface area contributed by atoms with Crippen molar-refractivity contribution in [1.29, 1.82) is 0 Å². The summed E-state index contributed by atoms with van der Waals surface area (Å²) in [4.78, 5) is 13.0.